The summed E-state index contributed by atoms with van der Waals surface area (Å²) in [5.41, 5.74) is -11.3. The Hall–Kier alpha value is -0.458. The first-order chi connectivity index (χ1) is 10.5. The summed E-state index contributed by atoms with van der Waals surface area (Å²) in [6, 6.07) is 0. The predicted molar refractivity (Wildman–Crippen MR) is 68.3 cm³/mol. The molecule has 0 aromatic heterocycles. The van der Waals surface area contributed by atoms with Crippen LogP contribution in [0.1, 0.15) is 25.7 Å². The molecule has 0 aliphatic heterocycles. The van der Waals surface area contributed by atoms with Gasteiger partial charge < -0.3 is 9.11 Å². The van der Waals surface area contributed by atoms with Crippen LogP contribution >= 0.6 is 0 Å². The maximum absolute atomic E-state index is 10.7. The van der Waals surface area contributed by atoms with Crippen LogP contribution in [0.2, 0.25) is 0 Å². The van der Waals surface area contributed by atoms with Gasteiger partial charge in [-0.3, -0.25) is 0 Å². The zero-order valence-electron chi connectivity index (χ0n) is 12.0. The number of alkyl halides is 6. The summed E-state index contributed by atoms with van der Waals surface area (Å²) >= 11 is 0. The maximum Gasteiger partial charge on any atom is 2.00 e. The van der Waals surface area contributed by atoms with Crippen LogP contribution in [0.25, 0.3) is 0 Å². The molecule has 0 amide bonds. The second kappa shape index (κ2) is 12.0. The molecule has 1 rings (SSSR count). The van der Waals surface area contributed by atoms with Gasteiger partial charge >= 0.3 is 31.4 Å². The van der Waals surface area contributed by atoms with E-state index in [1.54, 1.807) is 0 Å². The normalized spacial score (nSPS) is 16.6. The monoisotopic (exact) mass is 512 g/mol. The largest absolute Gasteiger partial charge is 2.00 e. The Balaban J connectivity index is -0.000000285. The summed E-state index contributed by atoms with van der Waals surface area (Å²) in [7, 11) is -12.2. The average Bonchev–Trinajstić information content (AvgIpc) is 2.23. The second-order valence-corrected chi connectivity index (χ2v) is 6.64. The molecule has 0 saturated carbocycles. The van der Waals surface area contributed by atoms with Crippen molar-refractivity contribution < 1.29 is 72.7 Å². The van der Waals surface area contributed by atoms with Gasteiger partial charge in [0.25, 0.3) is 0 Å². The second-order valence-electron chi connectivity index (χ2n) is 3.90. The van der Waals surface area contributed by atoms with Gasteiger partial charge in [0, 0.05) is 0 Å². The molecule has 0 radical (unpaired) electrons. The van der Waals surface area contributed by atoms with Crippen molar-refractivity contribution in [2.24, 2.45) is 0 Å². The topological polar surface area (TPSA) is 114 Å². The number of allylic oxidation sites excluding steroid dienone is 4. The van der Waals surface area contributed by atoms with Crippen molar-refractivity contribution in [3.05, 3.63) is 24.3 Å². The first kappa shape index (κ1) is 29.3. The van der Waals surface area contributed by atoms with E-state index in [0.29, 0.717) is 0 Å². The third-order valence-corrected chi connectivity index (χ3v) is 3.03. The minimum Gasteiger partial charge on any atom is -0.741 e. The van der Waals surface area contributed by atoms with E-state index in [1.165, 1.54) is 25.7 Å². The Bertz CT molecular complexity index is 553. The summed E-state index contributed by atoms with van der Waals surface area (Å²) in [4.78, 5) is 0. The number of halogens is 6. The van der Waals surface area contributed by atoms with Gasteiger partial charge in [-0.25, -0.2) is 16.8 Å². The molecular weight excluding hydrogens is 501 g/mol. The molecule has 0 spiro atoms. The molecule has 0 atom stereocenters. The SMILES string of the molecule is C1=CCC/C=C\CC1.O=S(=O)([O-])C(F)(F)F.O=S(=O)([O-])C(F)(F)F.[Pd+2]. The molecule has 1 aliphatic carbocycles. The van der Waals surface area contributed by atoms with Gasteiger partial charge in [-0.15, -0.1) is 0 Å². The van der Waals surface area contributed by atoms with Crippen LogP contribution in [0.4, 0.5) is 26.3 Å². The molecule has 6 nitrogen and oxygen atoms in total. The Labute approximate surface area is 154 Å². The van der Waals surface area contributed by atoms with Crippen LogP contribution in [-0.2, 0) is 40.7 Å². The fraction of sp³-hybridized carbons (Fsp3) is 0.600. The fourth-order valence-electron chi connectivity index (χ4n) is 0.856. The molecule has 0 aromatic rings. The summed E-state index contributed by atoms with van der Waals surface area (Å²) in [6.45, 7) is 0. The van der Waals surface area contributed by atoms with E-state index in [2.05, 4.69) is 24.3 Å². The number of rotatable bonds is 0. The summed E-state index contributed by atoms with van der Waals surface area (Å²) < 4.78 is 118. The molecule has 0 unspecified atom stereocenters. The van der Waals surface area contributed by atoms with Gasteiger partial charge in [-0.05, 0) is 25.7 Å². The van der Waals surface area contributed by atoms with Gasteiger partial charge in [0.2, 0.25) is 0 Å². The van der Waals surface area contributed by atoms with E-state index in [9.17, 15) is 26.3 Å². The average molecular weight is 513 g/mol. The Morgan fingerprint density at radius 3 is 0.800 bits per heavy atom. The molecule has 0 fully saturated rings. The molecule has 0 bridgehead atoms. The van der Waals surface area contributed by atoms with Gasteiger partial charge in [0.15, 0.2) is 20.2 Å². The van der Waals surface area contributed by atoms with Crippen LogP contribution < -0.4 is 0 Å². The molecule has 15 heteroatoms. The van der Waals surface area contributed by atoms with Gasteiger partial charge in [0.05, 0.1) is 0 Å². The molecular formula is C10H12F6O6PdS2. The van der Waals surface area contributed by atoms with E-state index in [0.717, 1.165) is 0 Å². The summed E-state index contributed by atoms with van der Waals surface area (Å²) in [6.07, 6.45) is 14.0. The van der Waals surface area contributed by atoms with Crippen molar-refractivity contribution in [1.82, 2.24) is 0 Å². The first-order valence-electron chi connectivity index (χ1n) is 5.84. The third kappa shape index (κ3) is 16.7. The number of hydrogen-bond acceptors (Lipinski definition) is 6. The molecule has 0 N–H and O–H groups in total. The van der Waals surface area contributed by atoms with E-state index in [1.807, 2.05) is 0 Å². The minimum atomic E-state index is -6.09. The van der Waals surface area contributed by atoms with Gasteiger partial charge in [-0.2, -0.15) is 26.3 Å². The summed E-state index contributed by atoms with van der Waals surface area (Å²) in [5.74, 6) is 0. The van der Waals surface area contributed by atoms with Crippen LogP contribution in [0.3, 0.4) is 0 Å². The van der Waals surface area contributed by atoms with E-state index >= 15 is 0 Å². The van der Waals surface area contributed by atoms with Crippen LogP contribution in [0.5, 0.6) is 0 Å². The minimum absolute atomic E-state index is 0. The third-order valence-electron chi connectivity index (χ3n) is 1.90. The standard InChI is InChI=1S/C8H12.2CHF3O3S.Pd/c1-2-4-6-8-7-5-3-1;2*2-1(3,4)8(5,6)7;/h1-2,7-8H,3-6H2;2*(H,5,6,7);/q;;;+2/p-2/b2-1-,8-7?;;;. The quantitative estimate of drug-likeness (QED) is 0.162. The van der Waals surface area contributed by atoms with E-state index in [4.69, 9.17) is 25.9 Å². The molecule has 152 valence electrons. The van der Waals surface area contributed by atoms with Crippen LogP contribution in [-0.4, -0.2) is 37.0 Å². The molecule has 0 aromatic carbocycles. The van der Waals surface area contributed by atoms with Crippen molar-refractivity contribution in [3.8, 4) is 0 Å². The van der Waals surface area contributed by atoms with Gasteiger partial charge in [0.1, 0.15) is 0 Å². The first-order valence-corrected chi connectivity index (χ1v) is 8.66. The Morgan fingerprint density at radius 2 is 0.720 bits per heavy atom. The fourth-order valence-corrected chi connectivity index (χ4v) is 0.856. The van der Waals surface area contributed by atoms with Crippen LogP contribution in [0, 0.1) is 0 Å². The van der Waals surface area contributed by atoms with Crippen molar-refractivity contribution in [2.45, 2.75) is 36.7 Å². The van der Waals surface area contributed by atoms with Crippen molar-refractivity contribution >= 4 is 20.2 Å². The number of hydrogen-bond donors (Lipinski definition) is 0. The van der Waals surface area contributed by atoms with Crippen LogP contribution in [0.15, 0.2) is 24.3 Å². The van der Waals surface area contributed by atoms with Crippen molar-refractivity contribution in [1.29, 1.82) is 0 Å². The molecule has 1 aliphatic rings. The smallest absolute Gasteiger partial charge is 0.741 e. The van der Waals surface area contributed by atoms with Crippen molar-refractivity contribution in [2.75, 3.05) is 0 Å². The summed E-state index contributed by atoms with van der Waals surface area (Å²) in [5, 5.41) is 0. The molecule has 0 saturated heterocycles. The molecule has 25 heavy (non-hydrogen) atoms. The Kier molecular flexibility index (Phi) is 14.1. The maximum atomic E-state index is 10.7. The Morgan fingerprint density at radius 1 is 0.600 bits per heavy atom. The van der Waals surface area contributed by atoms with Crippen molar-refractivity contribution in [3.63, 3.8) is 0 Å². The predicted octanol–water partition coefficient (Wildman–Crippen LogP) is 2.77. The zero-order chi connectivity index (χ0) is 19.7. The van der Waals surface area contributed by atoms with Gasteiger partial charge in [-0.1, -0.05) is 24.3 Å². The van der Waals surface area contributed by atoms with E-state index < -0.39 is 31.3 Å². The molecule has 0 heterocycles. The zero-order valence-corrected chi connectivity index (χ0v) is 15.2. The van der Waals surface area contributed by atoms with E-state index in [-0.39, 0.29) is 20.4 Å².